The van der Waals surface area contributed by atoms with Gasteiger partial charge in [-0.25, -0.2) is 4.79 Å². The second kappa shape index (κ2) is 14.2. The Balaban J connectivity index is 1.56. The SMILES string of the molecule is CNCC(CC1CCCCC1)NC(=O)N1CCCC(C(CCCCOC)c2cccs2)C1. The molecule has 1 aromatic heterocycles. The molecule has 2 N–H and O–H groups in total. The summed E-state index contributed by atoms with van der Waals surface area (Å²) in [6.45, 7) is 3.47. The second-order valence-electron chi connectivity index (χ2n) is 9.90. The highest BCUT2D eigenvalue weighted by Gasteiger charge is 2.31. The van der Waals surface area contributed by atoms with E-state index >= 15 is 0 Å². The molecule has 2 fully saturated rings. The first kappa shape index (κ1) is 25.5. The molecule has 0 bridgehead atoms. The number of carbonyl (C=O) groups excluding carboxylic acids is 1. The quantitative estimate of drug-likeness (QED) is 0.395. The van der Waals surface area contributed by atoms with Crippen LogP contribution in [0.5, 0.6) is 0 Å². The topological polar surface area (TPSA) is 53.6 Å². The molecule has 2 aliphatic rings. The fourth-order valence-corrected chi connectivity index (χ4v) is 6.73. The summed E-state index contributed by atoms with van der Waals surface area (Å²) in [6, 6.07) is 4.84. The minimum Gasteiger partial charge on any atom is -0.385 e. The van der Waals surface area contributed by atoms with Crippen LogP contribution >= 0.6 is 11.3 Å². The fraction of sp³-hybridized carbons (Fsp3) is 0.808. The van der Waals surface area contributed by atoms with Crippen LogP contribution in [0.3, 0.4) is 0 Å². The molecule has 1 saturated heterocycles. The van der Waals surface area contributed by atoms with Crippen LogP contribution in [0.1, 0.15) is 81.4 Å². The molecular weight excluding hydrogens is 418 g/mol. The molecule has 2 amide bonds. The molecule has 3 atom stereocenters. The number of carbonyl (C=O) groups is 1. The van der Waals surface area contributed by atoms with E-state index in [1.165, 1.54) is 56.2 Å². The number of ether oxygens (including phenoxy) is 1. The lowest BCUT2D eigenvalue weighted by Gasteiger charge is -2.38. The third-order valence-corrected chi connectivity index (χ3v) is 8.46. The van der Waals surface area contributed by atoms with Crippen molar-refractivity contribution in [3.63, 3.8) is 0 Å². The van der Waals surface area contributed by atoms with Crippen molar-refractivity contribution in [1.82, 2.24) is 15.5 Å². The van der Waals surface area contributed by atoms with E-state index in [0.717, 1.165) is 51.4 Å². The molecule has 5 nitrogen and oxygen atoms in total. The number of hydrogen-bond donors (Lipinski definition) is 2. The molecule has 0 aromatic carbocycles. The van der Waals surface area contributed by atoms with Crippen molar-refractivity contribution in [3.05, 3.63) is 22.4 Å². The Hall–Kier alpha value is -1.11. The molecule has 1 aromatic rings. The number of urea groups is 1. The minimum atomic E-state index is 0.148. The van der Waals surface area contributed by atoms with Crippen LogP contribution in [0, 0.1) is 11.8 Å². The van der Waals surface area contributed by atoms with Gasteiger partial charge in [0.2, 0.25) is 0 Å². The first-order chi connectivity index (χ1) is 15.7. The summed E-state index contributed by atoms with van der Waals surface area (Å²) in [5.74, 6) is 1.88. The summed E-state index contributed by atoms with van der Waals surface area (Å²) < 4.78 is 5.26. The maximum Gasteiger partial charge on any atom is 0.317 e. The van der Waals surface area contributed by atoms with Gasteiger partial charge in [0.1, 0.15) is 0 Å². The van der Waals surface area contributed by atoms with Crippen molar-refractivity contribution in [1.29, 1.82) is 0 Å². The van der Waals surface area contributed by atoms with Crippen molar-refractivity contribution in [2.24, 2.45) is 11.8 Å². The summed E-state index contributed by atoms with van der Waals surface area (Å²) in [5, 5.41) is 8.90. The number of rotatable bonds is 12. The summed E-state index contributed by atoms with van der Waals surface area (Å²) >= 11 is 1.88. The second-order valence-corrected chi connectivity index (χ2v) is 10.9. The maximum absolute atomic E-state index is 13.3. The van der Waals surface area contributed by atoms with Gasteiger partial charge in [0.05, 0.1) is 0 Å². The van der Waals surface area contributed by atoms with Crippen molar-refractivity contribution in [3.8, 4) is 0 Å². The molecule has 6 heteroatoms. The lowest BCUT2D eigenvalue weighted by molar-refractivity contribution is 0.147. The van der Waals surface area contributed by atoms with Gasteiger partial charge in [-0.1, -0.05) is 44.6 Å². The summed E-state index contributed by atoms with van der Waals surface area (Å²) in [6.07, 6.45) is 13.7. The first-order valence-corrected chi connectivity index (χ1v) is 13.8. The average molecular weight is 464 g/mol. The number of amides is 2. The van der Waals surface area contributed by atoms with Crippen LogP contribution in [-0.2, 0) is 4.74 Å². The molecule has 0 spiro atoms. The highest BCUT2D eigenvalue weighted by molar-refractivity contribution is 7.10. The largest absolute Gasteiger partial charge is 0.385 e. The molecule has 0 radical (unpaired) electrons. The van der Waals surface area contributed by atoms with E-state index in [1.807, 2.05) is 18.4 Å². The van der Waals surface area contributed by atoms with E-state index in [0.29, 0.717) is 11.8 Å². The number of likely N-dealkylation sites (N-methyl/N-ethyl adjacent to an activating group) is 1. The van der Waals surface area contributed by atoms with E-state index in [9.17, 15) is 4.79 Å². The van der Waals surface area contributed by atoms with E-state index in [-0.39, 0.29) is 12.1 Å². The van der Waals surface area contributed by atoms with Gasteiger partial charge in [-0.3, -0.25) is 0 Å². The van der Waals surface area contributed by atoms with Gasteiger partial charge in [0, 0.05) is 44.3 Å². The summed E-state index contributed by atoms with van der Waals surface area (Å²) in [4.78, 5) is 16.8. The fourth-order valence-electron chi connectivity index (χ4n) is 5.78. The third-order valence-electron chi connectivity index (χ3n) is 7.46. The highest BCUT2D eigenvalue weighted by atomic mass is 32.1. The Bertz CT molecular complexity index is 633. The Labute approximate surface area is 199 Å². The lowest BCUT2D eigenvalue weighted by Crippen LogP contribution is -2.51. The van der Waals surface area contributed by atoms with Gasteiger partial charge in [-0.2, -0.15) is 0 Å². The van der Waals surface area contributed by atoms with Gasteiger partial charge in [-0.15, -0.1) is 11.3 Å². The molecule has 1 saturated carbocycles. The van der Waals surface area contributed by atoms with Crippen molar-refractivity contribution >= 4 is 17.4 Å². The van der Waals surface area contributed by atoms with Gasteiger partial charge >= 0.3 is 6.03 Å². The van der Waals surface area contributed by atoms with Crippen LogP contribution in [0.4, 0.5) is 4.79 Å². The first-order valence-electron chi connectivity index (χ1n) is 12.9. The molecule has 1 aliphatic heterocycles. The van der Waals surface area contributed by atoms with Crippen LogP contribution < -0.4 is 10.6 Å². The molecule has 3 rings (SSSR count). The monoisotopic (exact) mass is 463 g/mol. The number of likely N-dealkylation sites (tertiary alicyclic amines) is 1. The van der Waals surface area contributed by atoms with Gasteiger partial charge < -0.3 is 20.3 Å². The highest BCUT2D eigenvalue weighted by Crippen LogP contribution is 2.38. The maximum atomic E-state index is 13.3. The smallest absolute Gasteiger partial charge is 0.317 e. The zero-order chi connectivity index (χ0) is 22.6. The van der Waals surface area contributed by atoms with E-state index in [4.69, 9.17) is 4.74 Å². The Morgan fingerprint density at radius 3 is 2.78 bits per heavy atom. The van der Waals surface area contributed by atoms with Gasteiger partial charge in [-0.05, 0) is 68.4 Å². The lowest BCUT2D eigenvalue weighted by atomic mass is 9.81. The number of thiophene rings is 1. The molecule has 1 aliphatic carbocycles. The zero-order valence-corrected chi connectivity index (χ0v) is 21.1. The number of nitrogens with zero attached hydrogens (tertiary/aromatic N) is 1. The zero-order valence-electron chi connectivity index (χ0n) is 20.3. The molecule has 3 unspecified atom stereocenters. The summed E-state index contributed by atoms with van der Waals surface area (Å²) in [5.41, 5.74) is 0. The van der Waals surface area contributed by atoms with Crippen molar-refractivity contribution in [2.45, 2.75) is 82.6 Å². The Morgan fingerprint density at radius 1 is 1.22 bits per heavy atom. The third kappa shape index (κ3) is 8.03. The number of methoxy groups -OCH3 is 1. The van der Waals surface area contributed by atoms with Crippen molar-refractivity contribution in [2.75, 3.05) is 40.4 Å². The predicted octanol–water partition coefficient (Wildman–Crippen LogP) is 5.63. The van der Waals surface area contributed by atoms with Crippen molar-refractivity contribution < 1.29 is 9.53 Å². The predicted molar refractivity (Wildman–Crippen MR) is 135 cm³/mol. The molecule has 182 valence electrons. The standard InChI is InChI=1S/C26H45N3O2S/c1-27-19-23(18-21-10-4-3-5-11-21)28-26(30)29-15-8-12-22(20-29)24(13-6-7-16-31-2)25-14-9-17-32-25/h9,14,17,21-24,27H,3-8,10-13,15-16,18-20H2,1-2H3,(H,28,30). The normalized spacial score (nSPS) is 21.9. The van der Waals surface area contributed by atoms with Crippen LogP contribution in [0.2, 0.25) is 0 Å². The number of hydrogen-bond acceptors (Lipinski definition) is 4. The average Bonchev–Trinajstić information content (AvgIpc) is 3.34. The van der Waals surface area contributed by atoms with E-state index in [1.54, 1.807) is 7.11 Å². The van der Waals surface area contributed by atoms with E-state index in [2.05, 4.69) is 33.0 Å². The molecule has 32 heavy (non-hydrogen) atoms. The van der Waals surface area contributed by atoms with Crippen LogP contribution in [0.25, 0.3) is 0 Å². The number of nitrogens with one attached hydrogen (secondary N) is 2. The Kier molecular flexibility index (Phi) is 11.3. The van der Waals surface area contributed by atoms with Gasteiger partial charge in [0.15, 0.2) is 0 Å². The Morgan fingerprint density at radius 2 is 2.06 bits per heavy atom. The molecular formula is C26H45N3O2S. The minimum absolute atomic E-state index is 0.148. The molecule has 2 heterocycles. The van der Waals surface area contributed by atoms with Crippen LogP contribution in [-0.4, -0.2) is 57.4 Å². The number of unbranched alkanes of at least 4 members (excludes halogenated alkanes) is 1. The van der Waals surface area contributed by atoms with Gasteiger partial charge in [0.25, 0.3) is 0 Å². The van der Waals surface area contributed by atoms with Crippen LogP contribution in [0.15, 0.2) is 17.5 Å². The van der Waals surface area contributed by atoms with E-state index < -0.39 is 0 Å². The summed E-state index contributed by atoms with van der Waals surface area (Å²) in [7, 11) is 3.77. The number of piperidine rings is 1.